The normalized spacial score (nSPS) is 25.4. The zero-order valence-electron chi connectivity index (χ0n) is 20.8. The highest BCUT2D eigenvalue weighted by Crippen LogP contribution is 2.32. The predicted octanol–water partition coefficient (Wildman–Crippen LogP) is -0.0586. The minimum absolute atomic E-state index is 0.00881. The van der Waals surface area contributed by atoms with Gasteiger partial charge in [-0.25, -0.2) is 0 Å². The number of aliphatic hydroxyl groups is 5. The number of hydrogen-bond donors (Lipinski definition) is 7. The molecule has 0 spiro atoms. The van der Waals surface area contributed by atoms with Crippen molar-refractivity contribution in [3.8, 4) is 23.0 Å². The third-order valence-electron chi connectivity index (χ3n) is 6.71. The number of phenolic OH excluding ortho intramolecular Hbond substituents is 2. The number of aliphatic hydroxyl groups excluding tert-OH is 5. The summed E-state index contributed by atoms with van der Waals surface area (Å²) in [5.41, 5.74) is 1.59. The number of methoxy groups -OCH3 is 2. The summed E-state index contributed by atoms with van der Waals surface area (Å²) >= 11 is 0. The van der Waals surface area contributed by atoms with Crippen LogP contribution in [-0.2, 0) is 22.3 Å². The maximum absolute atomic E-state index is 10.4. The maximum atomic E-state index is 10.4. The predicted molar refractivity (Wildman–Crippen MR) is 131 cm³/mol. The molecule has 1 aliphatic rings. The molecular weight excluding hydrogens is 488 g/mol. The van der Waals surface area contributed by atoms with E-state index in [-0.39, 0.29) is 42.3 Å². The third-order valence-corrected chi connectivity index (χ3v) is 6.71. The number of phenols is 2. The molecule has 0 amide bonds. The second kappa shape index (κ2) is 13.2. The van der Waals surface area contributed by atoms with E-state index >= 15 is 0 Å². The summed E-state index contributed by atoms with van der Waals surface area (Å²) in [6, 6.07) is 9.80. The van der Waals surface area contributed by atoms with Gasteiger partial charge in [-0.3, -0.25) is 0 Å². The molecule has 1 fully saturated rings. The molecule has 1 saturated heterocycles. The fourth-order valence-electron chi connectivity index (χ4n) is 4.47. The van der Waals surface area contributed by atoms with Gasteiger partial charge in [-0.15, -0.1) is 0 Å². The van der Waals surface area contributed by atoms with E-state index in [4.69, 9.17) is 18.9 Å². The fraction of sp³-hybridized carbons (Fsp3) is 0.538. The van der Waals surface area contributed by atoms with Crippen molar-refractivity contribution in [2.45, 2.75) is 43.5 Å². The Kier molecular flexibility index (Phi) is 10.4. The average molecular weight is 525 g/mol. The van der Waals surface area contributed by atoms with Crippen LogP contribution in [0.5, 0.6) is 23.0 Å². The Morgan fingerprint density at radius 2 is 1.32 bits per heavy atom. The molecule has 0 radical (unpaired) electrons. The second-order valence-electron chi connectivity index (χ2n) is 9.15. The zero-order chi connectivity index (χ0) is 27.1. The molecule has 0 aromatic heterocycles. The van der Waals surface area contributed by atoms with Crippen molar-refractivity contribution in [1.82, 2.24) is 0 Å². The second-order valence-corrected chi connectivity index (χ2v) is 9.15. The molecule has 1 heterocycles. The number of benzene rings is 2. The van der Waals surface area contributed by atoms with Crippen LogP contribution in [-0.4, -0.2) is 100 Å². The van der Waals surface area contributed by atoms with Gasteiger partial charge < -0.3 is 54.7 Å². The van der Waals surface area contributed by atoms with Crippen LogP contribution >= 0.6 is 0 Å². The van der Waals surface area contributed by atoms with Gasteiger partial charge in [0.05, 0.1) is 27.4 Å². The monoisotopic (exact) mass is 524 g/mol. The quantitative estimate of drug-likeness (QED) is 0.198. The summed E-state index contributed by atoms with van der Waals surface area (Å²) in [5, 5.41) is 70.1. The largest absolute Gasteiger partial charge is 0.504 e. The molecule has 0 bridgehead atoms. The Balaban J connectivity index is 1.83. The summed E-state index contributed by atoms with van der Waals surface area (Å²) in [6.45, 7) is -0.822. The van der Waals surface area contributed by atoms with E-state index in [1.54, 1.807) is 24.3 Å². The molecule has 0 saturated carbocycles. The average Bonchev–Trinajstić information content (AvgIpc) is 2.91. The highest BCUT2D eigenvalue weighted by atomic mass is 16.7. The third kappa shape index (κ3) is 7.02. The fourth-order valence-corrected chi connectivity index (χ4v) is 4.47. The maximum Gasteiger partial charge on any atom is 0.186 e. The van der Waals surface area contributed by atoms with Gasteiger partial charge in [0.15, 0.2) is 29.3 Å². The van der Waals surface area contributed by atoms with E-state index in [1.807, 2.05) is 0 Å². The minimum Gasteiger partial charge on any atom is -0.504 e. The first kappa shape index (κ1) is 28.9. The SMILES string of the molecule is COc1cc(C[C@@H](CO)[C@@H](CO[C@H]2O[C@@H](CO)[C@@H](O)[C@@H](O)[C@@H]2O)Cc2ccc(O)c(OC)c2)ccc1O. The van der Waals surface area contributed by atoms with Crippen molar-refractivity contribution in [2.24, 2.45) is 11.8 Å². The van der Waals surface area contributed by atoms with Crippen LogP contribution in [0.1, 0.15) is 11.1 Å². The first-order valence-corrected chi connectivity index (χ1v) is 12.0. The minimum atomic E-state index is -1.58. The molecule has 2 aromatic rings. The van der Waals surface area contributed by atoms with Crippen molar-refractivity contribution >= 4 is 0 Å². The lowest BCUT2D eigenvalue weighted by molar-refractivity contribution is -0.304. The van der Waals surface area contributed by atoms with Crippen molar-refractivity contribution in [1.29, 1.82) is 0 Å². The van der Waals surface area contributed by atoms with Crippen LogP contribution in [0.25, 0.3) is 0 Å². The van der Waals surface area contributed by atoms with Gasteiger partial charge in [0.25, 0.3) is 0 Å². The van der Waals surface area contributed by atoms with E-state index in [1.165, 1.54) is 26.4 Å². The Morgan fingerprint density at radius 3 is 1.81 bits per heavy atom. The van der Waals surface area contributed by atoms with E-state index in [0.717, 1.165) is 11.1 Å². The number of rotatable bonds is 12. The number of ether oxygens (including phenoxy) is 4. The highest BCUT2D eigenvalue weighted by Gasteiger charge is 2.44. The van der Waals surface area contributed by atoms with E-state index < -0.39 is 37.3 Å². The summed E-state index contributed by atoms with van der Waals surface area (Å²) in [4.78, 5) is 0. The van der Waals surface area contributed by atoms with E-state index in [9.17, 15) is 35.7 Å². The summed E-state index contributed by atoms with van der Waals surface area (Å²) in [7, 11) is 2.88. The van der Waals surface area contributed by atoms with Crippen LogP contribution in [0.4, 0.5) is 0 Å². The summed E-state index contributed by atoms with van der Waals surface area (Å²) < 4.78 is 21.7. The van der Waals surface area contributed by atoms with Crippen molar-refractivity contribution < 1.29 is 54.7 Å². The molecule has 0 unspecified atom stereocenters. The van der Waals surface area contributed by atoms with E-state index in [2.05, 4.69) is 0 Å². The van der Waals surface area contributed by atoms with Gasteiger partial charge in [0.1, 0.15) is 24.4 Å². The van der Waals surface area contributed by atoms with Crippen molar-refractivity contribution in [2.75, 3.05) is 34.0 Å². The van der Waals surface area contributed by atoms with Crippen molar-refractivity contribution in [3.05, 3.63) is 47.5 Å². The molecule has 206 valence electrons. The van der Waals surface area contributed by atoms with Gasteiger partial charge in [-0.05, 0) is 60.1 Å². The molecular formula is C26H36O11. The molecule has 2 aromatic carbocycles. The van der Waals surface area contributed by atoms with Crippen LogP contribution in [0.2, 0.25) is 0 Å². The van der Waals surface area contributed by atoms with Gasteiger partial charge in [-0.2, -0.15) is 0 Å². The van der Waals surface area contributed by atoms with Crippen LogP contribution in [0.15, 0.2) is 36.4 Å². The van der Waals surface area contributed by atoms with Crippen LogP contribution < -0.4 is 9.47 Å². The Bertz CT molecular complexity index is 998. The highest BCUT2D eigenvalue weighted by molar-refractivity contribution is 5.43. The standard InChI is InChI=1S/C26H36O11/c1-34-20-9-14(3-5-18(20)29)7-16(11-27)17(8-15-4-6-19(30)21(10-15)35-2)13-36-26-25(33)24(32)23(31)22(12-28)37-26/h3-6,9-10,16-17,22-33H,7-8,11-13H2,1-2H3/t16-,17+,22-,23+,24+,25-,26-/m0/s1. The number of aromatic hydroxyl groups is 2. The van der Waals surface area contributed by atoms with E-state index in [0.29, 0.717) is 18.6 Å². The Morgan fingerprint density at radius 1 is 0.784 bits per heavy atom. The first-order chi connectivity index (χ1) is 17.7. The lowest BCUT2D eigenvalue weighted by atomic mass is 9.83. The molecule has 3 rings (SSSR count). The topological polar surface area (TPSA) is 179 Å². The molecule has 7 atom stereocenters. The van der Waals surface area contributed by atoms with Gasteiger partial charge >= 0.3 is 0 Å². The summed E-state index contributed by atoms with van der Waals surface area (Å²) in [5.74, 6) is -0.160. The summed E-state index contributed by atoms with van der Waals surface area (Å²) in [6.07, 6.45) is -6.29. The lowest BCUT2D eigenvalue weighted by Crippen LogP contribution is -2.59. The van der Waals surface area contributed by atoms with Crippen LogP contribution in [0.3, 0.4) is 0 Å². The number of hydrogen-bond acceptors (Lipinski definition) is 11. The molecule has 0 aliphatic carbocycles. The molecule has 37 heavy (non-hydrogen) atoms. The lowest BCUT2D eigenvalue weighted by Gasteiger charge is -2.40. The molecule has 11 heteroatoms. The van der Waals surface area contributed by atoms with Gasteiger partial charge in [0, 0.05) is 6.61 Å². The molecule has 11 nitrogen and oxygen atoms in total. The van der Waals surface area contributed by atoms with Crippen LogP contribution in [0, 0.1) is 11.8 Å². The van der Waals surface area contributed by atoms with Gasteiger partial charge in [-0.1, -0.05) is 12.1 Å². The van der Waals surface area contributed by atoms with Gasteiger partial charge in [0.2, 0.25) is 0 Å². The smallest absolute Gasteiger partial charge is 0.186 e. The van der Waals surface area contributed by atoms with Crippen molar-refractivity contribution in [3.63, 3.8) is 0 Å². The molecule has 7 N–H and O–H groups in total. The Labute approximate surface area is 215 Å². The first-order valence-electron chi connectivity index (χ1n) is 12.0. The molecule has 1 aliphatic heterocycles. The Hall–Kier alpha value is -2.64. The zero-order valence-corrected chi connectivity index (χ0v) is 20.8.